The normalized spacial score (nSPS) is 15.1. The van der Waals surface area contributed by atoms with Crippen molar-refractivity contribution in [3.63, 3.8) is 0 Å². The van der Waals surface area contributed by atoms with E-state index in [1.807, 2.05) is 48.5 Å². The van der Waals surface area contributed by atoms with Gasteiger partial charge in [-0.25, -0.2) is 0 Å². The number of nitriles is 1. The molecule has 27 heavy (non-hydrogen) atoms. The lowest BCUT2D eigenvalue weighted by molar-refractivity contribution is 0.0909. The second kappa shape index (κ2) is 9.75. The van der Waals surface area contributed by atoms with Gasteiger partial charge in [0.05, 0.1) is 12.2 Å². The third-order valence-corrected chi connectivity index (χ3v) is 4.84. The third kappa shape index (κ3) is 5.57. The fraction of sp³-hybridized carbons (Fsp3) is 0.364. The van der Waals surface area contributed by atoms with E-state index in [-0.39, 0.29) is 11.9 Å². The summed E-state index contributed by atoms with van der Waals surface area (Å²) < 4.78 is 5.74. The Bertz CT molecular complexity index is 778. The Morgan fingerprint density at radius 3 is 2.56 bits per heavy atom. The van der Waals surface area contributed by atoms with E-state index >= 15 is 0 Å². The van der Waals surface area contributed by atoms with Gasteiger partial charge >= 0.3 is 0 Å². The maximum atomic E-state index is 12.2. The summed E-state index contributed by atoms with van der Waals surface area (Å²) >= 11 is 0. The van der Waals surface area contributed by atoms with Gasteiger partial charge in [-0.3, -0.25) is 4.79 Å². The number of carbonyl (C=O) groups is 1. The molecule has 2 aromatic rings. The Balaban J connectivity index is 1.34. The molecule has 1 fully saturated rings. The molecule has 5 nitrogen and oxygen atoms in total. The lowest BCUT2D eigenvalue weighted by atomic mass is 10.0. The molecule has 140 valence electrons. The summed E-state index contributed by atoms with van der Waals surface area (Å²) in [6.45, 7) is 3.53. The summed E-state index contributed by atoms with van der Waals surface area (Å²) in [6, 6.07) is 19.1. The average Bonchev–Trinajstić information content (AvgIpc) is 2.73. The number of hydrogen-bond acceptors (Lipinski definition) is 4. The monoisotopic (exact) mass is 363 g/mol. The first kappa shape index (κ1) is 18.9. The Hall–Kier alpha value is -2.84. The number of hydrogen-bond donors (Lipinski definition) is 1. The van der Waals surface area contributed by atoms with Crippen LogP contribution in [0.3, 0.4) is 0 Å². The highest BCUT2D eigenvalue weighted by atomic mass is 16.5. The summed E-state index contributed by atoms with van der Waals surface area (Å²) in [5.74, 6) is 0.668. The van der Waals surface area contributed by atoms with E-state index in [9.17, 15) is 4.79 Å². The molecular formula is C22H25N3O2. The van der Waals surface area contributed by atoms with Crippen LogP contribution in [-0.4, -0.2) is 43.1 Å². The lowest BCUT2D eigenvalue weighted by Crippen LogP contribution is -2.45. The van der Waals surface area contributed by atoms with Crippen molar-refractivity contribution in [2.45, 2.75) is 25.3 Å². The van der Waals surface area contributed by atoms with Crippen LogP contribution in [0.4, 0.5) is 0 Å². The minimum absolute atomic E-state index is 0.0126. The molecule has 1 heterocycles. The van der Waals surface area contributed by atoms with Crippen LogP contribution in [0.25, 0.3) is 0 Å². The van der Waals surface area contributed by atoms with Crippen LogP contribution in [0.5, 0.6) is 5.75 Å². The summed E-state index contributed by atoms with van der Waals surface area (Å²) in [7, 11) is 0. The van der Waals surface area contributed by atoms with Crippen molar-refractivity contribution in [2.75, 3.05) is 26.2 Å². The van der Waals surface area contributed by atoms with Crippen molar-refractivity contribution >= 4 is 5.91 Å². The Morgan fingerprint density at radius 2 is 1.81 bits per heavy atom. The van der Waals surface area contributed by atoms with Gasteiger partial charge in [0.1, 0.15) is 11.8 Å². The fourth-order valence-electron chi connectivity index (χ4n) is 3.31. The van der Waals surface area contributed by atoms with Crippen molar-refractivity contribution < 1.29 is 9.53 Å². The van der Waals surface area contributed by atoms with Crippen LogP contribution < -0.4 is 10.1 Å². The molecule has 0 spiro atoms. The molecule has 1 N–H and O–H groups in total. The highest BCUT2D eigenvalue weighted by Gasteiger charge is 2.20. The number of nitrogens with zero attached hydrogens (tertiary/aromatic N) is 2. The second-order valence-corrected chi connectivity index (χ2v) is 6.77. The molecule has 1 amide bonds. The van der Waals surface area contributed by atoms with Crippen molar-refractivity contribution in [2.24, 2.45) is 0 Å². The number of nitrogens with one attached hydrogen (secondary N) is 1. The van der Waals surface area contributed by atoms with Gasteiger partial charge < -0.3 is 15.0 Å². The minimum Gasteiger partial charge on any atom is -0.492 e. The first-order valence-corrected chi connectivity index (χ1v) is 9.46. The first-order chi connectivity index (χ1) is 13.3. The highest BCUT2D eigenvalue weighted by Crippen LogP contribution is 2.17. The number of rotatable bonds is 7. The summed E-state index contributed by atoms with van der Waals surface area (Å²) in [5, 5.41) is 12.2. The van der Waals surface area contributed by atoms with Gasteiger partial charge in [0.25, 0.3) is 5.91 Å². The minimum atomic E-state index is 0.0126. The van der Waals surface area contributed by atoms with E-state index in [0.29, 0.717) is 17.9 Å². The summed E-state index contributed by atoms with van der Waals surface area (Å²) in [6.07, 6.45) is 2.86. The predicted octanol–water partition coefficient (Wildman–Crippen LogP) is 3.22. The molecule has 2 aromatic carbocycles. The molecule has 0 atom stereocenters. The van der Waals surface area contributed by atoms with E-state index in [0.717, 1.165) is 44.5 Å². The third-order valence-electron chi connectivity index (χ3n) is 4.84. The van der Waals surface area contributed by atoms with Crippen molar-refractivity contribution in [3.8, 4) is 11.8 Å². The fourth-order valence-corrected chi connectivity index (χ4v) is 3.31. The van der Waals surface area contributed by atoms with Gasteiger partial charge in [-0.1, -0.05) is 30.3 Å². The first-order valence-electron chi connectivity index (χ1n) is 9.46. The molecule has 1 aliphatic rings. The van der Waals surface area contributed by atoms with Crippen LogP contribution in [0.1, 0.15) is 35.2 Å². The van der Waals surface area contributed by atoms with Gasteiger partial charge in [-0.05, 0) is 43.5 Å². The Labute approximate surface area is 160 Å². The Morgan fingerprint density at radius 1 is 1.11 bits per heavy atom. The maximum absolute atomic E-state index is 12.2. The molecule has 1 aliphatic heterocycles. The molecule has 3 rings (SSSR count). The second-order valence-electron chi connectivity index (χ2n) is 6.77. The van der Waals surface area contributed by atoms with E-state index < -0.39 is 0 Å². The highest BCUT2D eigenvalue weighted by molar-refractivity contribution is 5.94. The molecule has 1 saturated heterocycles. The van der Waals surface area contributed by atoms with Crippen LogP contribution in [0.15, 0.2) is 54.6 Å². The van der Waals surface area contributed by atoms with Crippen LogP contribution in [0, 0.1) is 11.3 Å². The zero-order chi connectivity index (χ0) is 18.9. The molecule has 5 heteroatoms. The summed E-state index contributed by atoms with van der Waals surface area (Å²) in [5.41, 5.74) is 1.29. The van der Waals surface area contributed by atoms with Gasteiger partial charge in [-0.2, -0.15) is 5.26 Å². The summed E-state index contributed by atoms with van der Waals surface area (Å²) in [4.78, 5) is 14.6. The molecule has 0 aliphatic carbocycles. The van der Waals surface area contributed by atoms with Gasteiger partial charge in [0.15, 0.2) is 0 Å². The van der Waals surface area contributed by atoms with Gasteiger partial charge in [0, 0.05) is 31.2 Å². The largest absolute Gasteiger partial charge is 0.492 e. The number of carbonyl (C=O) groups excluding carboxylic acids is 1. The number of ether oxygens (including phenoxy) is 1. The molecule has 0 radical (unpaired) electrons. The smallest absolute Gasteiger partial charge is 0.251 e. The zero-order valence-electron chi connectivity index (χ0n) is 15.4. The predicted molar refractivity (Wildman–Crippen MR) is 105 cm³/mol. The topological polar surface area (TPSA) is 65.4 Å². The quantitative estimate of drug-likeness (QED) is 0.767. The van der Waals surface area contributed by atoms with Crippen molar-refractivity contribution in [1.82, 2.24) is 10.2 Å². The number of benzene rings is 2. The molecule has 0 unspecified atom stereocenters. The van der Waals surface area contributed by atoms with Crippen LogP contribution in [-0.2, 0) is 0 Å². The molecule has 0 bridgehead atoms. The SMILES string of the molecule is N#Cc1ccccc1OCCCN1CCC(NC(=O)c2ccccc2)CC1. The molecule has 0 saturated carbocycles. The lowest BCUT2D eigenvalue weighted by Gasteiger charge is -2.32. The van der Waals surface area contributed by atoms with Crippen LogP contribution in [0.2, 0.25) is 0 Å². The van der Waals surface area contributed by atoms with Crippen LogP contribution >= 0.6 is 0 Å². The number of likely N-dealkylation sites (tertiary alicyclic amines) is 1. The van der Waals surface area contributed by atoms with E-state index in [4.69, 9.17) is 10.00 Å². The molecule has 0 aromatic heterocycles. The zero-order valence-corrected chi connectivity index (χ0v) is 15.4. The van der Waals surface area contributed by atoms with Gasteiger partial charge in [0.2, 0.25) is 0 Å². The van der Waals surface area contributed by atoms with Crippen molar-refractivity contribution in [3.05, 3.63) is 65.7 Å². The standard InChI is InChI=1S/C22H25N3O2/c23-17-19-9-4-5-10-21(19)27-16-6-13-25-14-11-20(12-15-25)24-22(26)18-7-2-1-3-8-18/h1-5,7-10,20H,6,11-16H2,(H,24,26). The maximum Gasteiger partial charge on any atom is 0.251 e. The van der Waals surface area contributed by atoms with Crippen molar-refractivity contribution in [1.29, 1.82) is 5.26 Å². The molecular weight excluding hydrogens is 338 g/mol. The van der Waals surface area contributed by atoms with E-state index in [2.05, 4.69) is 16.3 Å². The van der Waals surface area contributed by atoms with E-state index in [1.165, 1.54) is 0 Å². The Kier molecular flexibility index (Phi) is 6.84. The van der Waals surface area contributed by atoms with E-state index in [1.54, 1.807) is 6.07 Å². The number of piperidine rings is 1. The number of para-hydroxylation sites is 1. The number of amides is 1. The average molecular weight is 363 g/mol. The van der Waals surface area contributed by atoms with Gasteiger partial charge in [-0.15, -0.1) is 0 Å².